The summed E-state index contributed by atoms with van der Waals surface area (Å²) in [6.07, 6.45) is 5.19. The largest absolute Gasteiger partial charge is 0.372 e. The Morgan fingerprint density at radius 2 is 2.28 bits per heavy atom. The van der Waals surface area contributed by atoms with Gasteiger partial charge in [0.25, 0.3) is 0 Å². The van der Waals surface area contributed by atoms with E-state index in [9.17, 15) is 4.79 Å². The average molecular weight is 249 g/mol. The molecule has 6 heteroatoms. The number of hydrogen-bond acceptors (Lipinski definition) is 5. The number of carbonyl (C=O) groups excluding carboxylic acids is 1. The molecule has 0 saturated carbocycles. The second-order valence-electron chi connectivity index (χ2n) is 4.69. The van der Waals surface area contributed by atoms with Gasteiger partial charge in [0.05, 0.1) is 18.3 Å². The number of hydrogen-bond donors (Lipinski definition) is 2. The van der Waals surface area contributed by atoms with Crippen LogP contribution in [-0.4, -0.2) is 35.5 Å². The topological polar surface area (TPSA) is 84.1 Å². The van der Waals surface area contributed by atoms with Gasteiger partial charge >= 0.3 is 0 Å². The minimum Gasteiger partial charge on any atom is -0.372 e. The molecule has 3 N–H and O–H groups in total. The van der Waals surface area contributed by atoms with Crippen molar-refractivity contribution in [2.75, 3.05) is 23.8 Å². The van der Waals surface area contributed by atoms with Crippen LogP contribution in [0.5, 0.6) is 0 Å². The van der Waals surface area contributed by atoms with Crippen molar-refractivity contribution in [3.8, 4) is 0 Å². The first-order chi connectivity index (χ1) is 8.61. The molecule has 1 saturated heterocycles. The maximum Gasteiger partial charge on any atom is 0.222 e. The van der Waals surface area contributed by atoms with E-state index in [-0.39, 0.29) is 11.8 Å². The molecule has 6 nitrogen and oxygen atoms in total. The predicted octanol–water partition coefficient (Wildman–Crippen LogP) is 0.608. The van der Waals surface area contributed by atoms with Crippen LogP contribution in [0.25, 0.3) is 0 Å². The highest BCUT2D eigenvalue weighted by molar-refractivity contribution is 5.77. The minimum absolute atomic E-state index is 0.0961. The Labute approximate surface area is 107 Å². The first-order valence-corrected chi connectivity index (χ1v) is 6.17. The lowest BCUT2D eigenvalue weighted by Crippen LogP contribution is -2.46. The monoisotopic (exact) mass is 249 g/mol. The number of rotatable bonds is 3. The summed E-state index contributed by atoms with van der Waals surface area (Å²) in [5.74, 6) is 1.19. The van der Waals surface area contributed by atoms with Gasteiger partial charge in [-0.1, -0.05) is 0 Å². The van der Waals surface area contributed by atoms with Gasteiger partial charge in [-0.05, 0) is 19.8 Å². The summed E-state index contributed by atoms with van der Waals surface area (Å²) >= 11 is 0. The van der Waals surface area contributed by atoms with E-state index in [0.717, 1.165) is 24.5 Å². The van der Waals surface area contributed by atoms with Crippen molar-refractivity contribution in [1.82, 2.24) is 9.97 Å². The molecule has 1 fully saturated rings. The van der Waals surface area contributed by atoms with Crippen LogP contribution < -0.4 is 16.0 Å². The second kappa shape index (κ2) is 5.20. The maximum atomic E-state index is 11.3. The van der Waals surface area contributed by atoms with E-state index in [0.29, 0.717) is 12.6 Å². The Balaban J connectivity index is 2.21. The van der Waals surface area contributed by atoms with Crippen LogP contribution in [0.4, 0.5) is 11.6 Å². The lowest BCUT2D eigenvalue weighted by molar-refractivity contribution is -0.122. The third-order valence-corrected chi connectivity index (χ3v) is 3.46. The third kappa shape index (κ3) is 2.52. The van der Waals surface area contributed by atoms with Crippen LogP contribution in [0.15, 0.2) is 12.4 Å². The number of piperidine rings is 1. The molecule has 2 atom stereocenters. The Hall–Kier alpha value is -1.85. The Bertz CT molecular complexity index is 436. The predicted molar refractivity (Wildman–Crippen MR) is 70.3 cm³/mol. The van der Waals surface area contributed by atoms with Crippen molar-refractivity contribution in [3.05, 3.63) is 12.4 Å². The minimum atomic E-state index is -0.232. The smallest absolute Gasteiger partial charge is 0.222 e. The highest BCUT2D eigenvalue weighted by atomic mass is 16.1. The first-order valence-electron chi connectivity index (χ1n) is 6.17. The number of carbonyl (C=O) groups is 1. The van der Waals surface area contributed by atoms with Crippen LogP contribution >= 0.6 is 0 Å². The normalized spacial score (nSPS) is 23.8. The van der Waals surface area contributed by atoms with Crippen LogP contribution in [0, 0.1) is 5.92 Å². The van der Waals surface area contributed by atoms with E-state index < -0.39 is 0 Å². The Morgan fingerprint density at radius 3 is 2.94 bits per heavy atom. The van der Waals surface area contributed by atoms with E-state index in [2.05, 4.69) is 27.1 Å². The molecule has 0 aromatic carbocycles. The molecule has 2 unspecified atom stereocenters. The quantitative estimate of drug-likeness (QED) is 0.820. The molecule has 2 rings (SSSR count). The molecule has 2 heterocycles. The molecular weight excluding hydrogens is 230 g/mol. The molecular formula is C12H19N5O. The van der Waals surface area contributed by atoms with Crippen molar-refractivity contribution in [2.45, 2.75) is 25.8 Å². The zero-order chi connectivity index (χ0) is 13.1. The zero-order valence-electron chi connectivity index (χ0n) is 10.8. The molecule has 1 aliphatic rings. The highest BCUT2D eigenvalue weighted by Crippen LogP contribution is 2.26. The van der Waals surface area contributed by atoms with Crippen molar-refractivity contribution < 1.29 is 4.79 Å². The molecule has 0 bridgehead atoms. The lowest BCUT2D eigenvalue weighted by Gasteiger charge is -2.37. The van der Waals surface area contributed by atoms with E-state index in [1.165, 1.54) is 0 Å². The van der Waals surface area contributed by atoms with Crippen LogP contribution in [0.3, 0.4) is 0 Å². The van der Waals surface area contributed by atoms with Crippen LogP contribution in [0.1, 0.15) is 19.8 Å². The fraction of sp³-hybridized carbons (Fsp3) is 0.583. The summed E-state index contributed by atoms with van der Waals surface area (Å²) in [6, 6.07) is 0.349. The van der Waals surface area contributed by atoms with Crippen LogP contribution in [-0.2, 0) is 4.79 Å². The van der Waals surface area contributed by atoms with Gasteiger partial charge < -0.3 is 16.0 Å². The number of primary amides is 1. The zero-order valence-corrected chi connectivity index (χ0v) is 10.8. The number of anilines is 2. The summed E-state index contributed by atoms with van der Waals surface area (Å²) in [4.78, 5) is 22.0. The fourth-order valence-corrected chi connectivity index (χ4v) is 2.27. The average Bonchev–Trinajstić information content (AvgIpc) is 2.39. The third-order valence-electron chi connectivity index (χ3n) is 3.46. The standard InChI is InChI=1S/C12H19N5O/c1-8-3-4-9(12(13)18)7-17(8)11-6-15-5-10(14-2)16-11/h5-6,8-9H,3-4,7H2,1-2H3,(H2,13,18)(H,14,16). The van der Waals surface area contributed by atoms with Crippen molar-refractivity contribution in [2.24, 2.45) is 11.7 Å². The van der Waals surface area contributed by atoms with Gasteiger partial charge in [0, 0.05) is 19.6 Å². The van der Waals surface area contributed by atoms with Gasteiger partial charge in [-0.15, -0.1) is 0 Å². The summed E-state index contributed by atoms with van der Waals surface area (Å²) in [5, 5.41) is 2.96. The number of nitrogens with one attached hydrogen (secondary N) is 1. The molecule has 1 aromatic heterocycles. The SMILES string of the molecule is CNc1cncc(N2CC(C(N)=O)CCC2C)n1. The first kappa shape index (κ1) is 12.6. The van der Waals surface area contributed by atoms with Gasteiger partial charge in [-0.2, -0.15) is 0 Å². The van der Waals surface area contributed by atoms with Crippen molar-refractivity contribution in [1.29, 1.82) is 0 Å². The van der Waals surface area contributed by atoms with Crippen molar-refractivity contribution >= 4 is 17.5 Å². The number of nitrogens with zero attached hydrogens (tertiary/aromatic N) is 3. The lowest BCUT2D eigenvalue weighted by atomic mass is 9.93. The van der Waals surface area contributed by atoms with E-state index >= 15 is 0 Å². The number of amides is 1. The van der Waals surface area contributed by atoms with E-state index in [4.69, 9.17) is 5.73 Å². The molecule has 0 spiro atoms. The molecule has 0 aliphatic carbocycles. The van der Waals surface area contributed by atoms with E-state index in [1.807, 2.05) is 0 Å². The summed E-state index contributed by atoms with van der Waals surface area (Å²) in [7, 11) is 1.81. The second-order valence-corrected chi connectivity index (χ2v) is 4.69. The van der Waals surface area contributed by atoms with Crippen LogP contribution in [0.2, 0.25) is 0 Å². The Morgan fingerprint density at radius 1 is 1.50 bits per heavy atom. The Kier molecular flexibility index (Phi) is 3.64. The van der Waals surface area contributed by atoms with Gasteiger partial charge in [-0.25, -0.2) is 4.98 Å². The molecule has 98 valence electrons. The number of nitrogens with two attached hydrogens (primary N) is 1. The summed E-state index contributed by atoms with van der Waals surface area (Å²) in [5.41, 5.74) is 5.40. The van der Waals surface area contributed by atoms with Crippen molar-refractivity contribution in [3.63, 3.8) is 0 Å². The molecule has 18 heavy (non-hydrogen) atoms. The molecule has 1 amide bonds. The number of aromatic nitrogens is 2. The summed E-state index contributed by atoms with van der Waals surface area (Å²) in [6.45, 7) is 2.75. The van der Waals surface area contributed by atoms with Gasteiger partial charge in [0.15, 0.2) is 0 Å². The highest BCUT2D eigenvalue weighted by Gasteiger charge is 2.29. The van der Waals surface area contributed by atoms with Gasteiger partial charge in [0.2, 0.25) is 5.91 Å². The molecule has 1 aliphatic heterocycles. The maximum absolute atomic E-state index is 11.3. The van der Waals surface area contributed by atoms with E-state index in [1.54, 1.807) is 19.4 Å². The molecule has 0 radical (unpaired) electrons. The molecule has 1 aromatic rings. The fourth-order valence-electron chi connectivity index (χ4n) is 2.27. The van der Waals surface area contributed by atoms with Gasteiger partial charge in [0.1, 0.15) is 11.6 Å². The van der Waals surface area contributed by atoms with Gasteiger partial charge in [-0.3, -0.25) is 9.78 Å². The summed E-state index contributed by atoms with van der Waals surface area (Å²) < 4.78 is 0.